The molecule has 0 aliphatic heterocycles. The summed E-state index contributed by atoms with van der Waals surface area (Å²) in [5, 5.41) is 9.59. The zero-order chi connectivity index (χ0) is 24.5. The Morgan fingerprint density at radius 2 is 1.67 bits per heavy atom. The van der Waals surface area contributed by atoms with Gasteiger partial charge in [-0.2, -0.15) is 18.3 Å². The van der Waals surface area contributed by atoms with Crippen molar-refractivity contribution in [3.05, 3.63) is 52.3 Å². The van der Waals surface area contributed by atoms with Crippen LogP contribution in [0.2, 0.25) is 0 Å². The van der Waals surface area contributed by atoms with E-state index in [0.29, 0.717) is 28.8 Å². The molecule has 4 aromatic rings. The molecule has 3 aromatic heterocycles. The van der Waals surface area contributed by atoms with Crippen molar-refractivity contribution >= 4 is 27.2 Å². The minimum atomic E-state index is -5.05. The monoisotopic (exact) mass is 480 g/mol. The van der Waals surface area contributed by atoms with E-state index in [1.807, 2.05) is 27.7 Å². The molecular formula is C23H24F4N4OS. The van der Waals surface area contributed by atoms with Crippen molar-refractivity contribution in [2.75, 3.05) is 5.75 Å². The van der Waals surface area contributed by atoms with E-state index in [9.17, 15) is 21.8 Å². The molecule has 176 valence electrons. The molecule has 0 N–H and O–H groups in total. The first-order valence-corrected chi connectivity index (χ1v) is 11.7. The van der Waals surface area contributed by atoms with Crippen molar-refractivity contribution in [1.82, 2.24) is 19.4 Å². The average molecular weight is 481 g/mol. The molecule has 3 heterocycles. The second-order valence-corrected chi connectivity index (χ2v) is 10.0. The van der Waals surface area contributed by atoms with Crippen molar-refractivity contribution in [2.24, 2.45) is 0 Å². The van der Waals surface area contributed by atoms with E-state index >= 15 is 0 Å². The molecule has 5 nitrogen and oxygen atoms in total. The summed E-state index contributed by atoms with van der Waals surface area (Å²) in [4.78, 5) is 0.514. The lowest BCUT2D eigenvalue weighted by molar-refractivity contribution is -0.228. The van der Waals surface area contributed by atoms with Crippen molar-refractivity contribution in [2.45, 2.75) is 58.3 Å². The van der Waals surface area contributed by atoms with Crippen LogP contribution in [0.3, 0.4) is 0 Å². The van der Waals surface area contributed by atoms with Crippen LogP contribution in [0.4, 0.5) is 17.6 Å². The third kappa shape index (κ3) is 3.46. The number of hydrogen-bond acceptors (Lipinski definition) is 3. The van der Waals surface area contributed by atoms with Gasteiger partial charge in [0.05, 0.1) is 21.8 Å². The van der Waals surface area contributed by atoms with E-state index < -0.39 is 28.2 Å². The van der Waals surface area contributed by atoms with Gasteiger partial charge >= 0.3 is 6.18 Å². The van der Waals surface area contributed by atoms with Gasteiger partial charge in [0.15, 0.2) is 5.82 Å². The van der Waals surface area contributed by atoms with E-state index in [2.05, 4.69) is 10.2 Å². The molecule has 2 unspecified atom stereocenters. The van der Waals surface area contributed by atoms with Gasteiger partial charge in [0.25, 0.3) is 0 Å². The van der Waals surface area contributed by atoms with Crippen molar-refractivity contribution in [1.29, 1.82) is 0 Å². The number of rotatable bonds is 4. The lowest BCUT2D eigenvalue weighted by atomic mass is 9.96. The summed E-state index contributed by atoms with van der Waals surface area (Å²) in [6.07, 6.45) is -3.45. The van der Waals surface area contributed by atoms with Crippen LogP contribution in [0, 0.1) is 27.7 Å². The maximum absolute atomic E-state index is 14.5. The molecule has 0 aliphatic rings. The number of alkyl halides is 4. The molecular weight excluding hydrogens is 456 g/mol. The number of aryl methyl sites for hydroxylation is 2. The van der Waals surface area contributed by atoms with Gasteiger partial charge in [0.2, 0.25) is 5.67 Å². The molecule has 2 atom stereocenters. The fourth-order valence-electron chi connectivity index (χ4n) is 3.94. The first kappa shape index (κ1) is 23.4. The second kappa shape index (κ2) is 7.65. The summed E-state index contributed by atoms with van der Waals surface area (Å²) in [6, 6.07) is 3.60. The Balaban J connectivity index is 1.99. The SMILES string of the molecule is CCS(=O)c1c(-n2cc3ccc(C(C)(F)C(F)(F)F)cc3n2)nn2c(C)c(C)c(C)c(C)c12. The highest BCUT2D eigenvalue weighted by atomic mass is 32.2. The number of fused-ring (bicyclic) bond motifs is 2. The average Bonchev–Trinajstić information content (AvgIpc) is 3.36. The Labute approximate surface area is 190 Å². The number of hydrogen-bond donors (Lipinski definition) is 0. The zero-order valence-electron chi connectivity index (χ0n) is 19.1. The fraction of sp³-hybridized carbons (Fsp3) is 0.391. The van der Waals surface area contributed by atoms with Gasteiger partial charge in [0, 0.05) is 28.6 Å². The molecule has 0 spiro atoms. The molecule has 4 rings (SSSR count). The van der Waals surface area contributed by atoms with E-state index in [-0.39, 0.29) is 5.52 Å². The van der Waals surface area contributed by atoms with Crippen LogP contribution < -0.4 is 0 Å². The summed E-state index contributed by atoms with van der Waals surface area (Å²) in [6.45, 7) is 10.2. The standard InChI is InChI=1S/C23H24F4N4OS/c1-7-33(32)20-19-14(4)12(2)13(3)15(5)31(19)29-21(20)30-11-16-8-9-17(10-18(16)28-30)22(6,24)23(25,26)27/h8-11H,7H2,1-6H3. The quantitative estimate of drug-likeness (QED) is 0.348. The van der Waals surface area contributed by atoms with Crippen molar-refractivity contribution in [3.63, 3.8) is 0 Å². The van der Waals surface area contributed by atoms with Crippen molar-refractivity contribution < 1.29 is 21.8 Å². The van der Waals surface area contributed by atoms with Gasteiger partial charge < -0.3 is 0 Å². The maximum atomic E-state index is 14.5. The van der Waals surface area contributed by atoms with Crippen LogP contribution in [0.1, 0.15) is 41.8 Å². The first-order valence-electron chi connectivity index (χ1n) is 10.4. The predicted molar refractivity (Wildman–Crippen MR) is 120 cm³/mol. The van der Waals surface area contributed by atoms with Gasteiger partial charge in [-0.25, -0.2) is 13.6 Å². The highest BCUT2D eigenvalue weighted by molar-refractivity contribution is 7.85. The van der Waals surface area contributed by atoms with Crippen LogP contribution >= 0.6 is 0 Å². The highest BCUT2D eigenvalue weighted by Gasteiger charge is 2.53. The molecule has 0 fully saturated rings. The Kier molecular flexibility index (Phi) is 5.42. The fourth-order valence-corrected chi connectivity index (χ4v) is 5.02. The van der Waals surface area contributed by atoms with Gasteiger partial charge in [0.1, 0.15) is 4.90 Å². The lowest BCUT2D eigenvalue weighted by Crippen LogP contribution is -2.34. The van der Waals surface area contributed by atoms with Gasteiger partial charge in [-0.3, -0.25) is 4.21 Å². The summed E-state index contributed by atoms with van der Waals surface area (Å²) in [5.41, 5.74) is 0.867. The molecule has 1 aromatic carbocycles. The molecule has 33 heavy (non-hydrogen) atoms. The number of nitrogens with zero attached hydrogens (tertiary/aromatic N) is 4. The van der Waals surface area contributed by atoms with Gasteiger partial charge in [-0.15, -0.1) is 5.10 Å². The Hall–Kier alpha value is -2.75. The molecule has 0 saturated heterocycles. The number of aromatic nitrogens is 4. The first-order chi connectivity index (χ1) is 15.3. The van der Waals surface area contributed by atoms with E-state index in [1.54, 1.807) is 17.6 Å². The van der Waals surface area contributed by atoms with E-state index in [1.165, 1.54) is 10.7 Å². The summed E-state index contributed by atoms with van der Waals surface area (Å²) >= 11 is 0. The number of halogens is 4. The largest absolute Gasteiger partial charge is 0.426 e. The smallest absolute Gasteiger partial charge is 0.254 e. The Bertz CT molecular complexity index is 1430. The highest BCUT2D eigenvalue weighted by Crippen LogP contribution is 2.42. The summed E-state index contributed by atoms with van der Waals surface area (Å²) in [5.74, 6) is 0.694. The van der Waals surface area contributed by atoms with E-state index in [4.69, 9.17) is 0 Å². The molecule has 0 radical (unpaired) electrons. The van der Waals surface area contributed by atoms with Crippen molar-refractivity contribution in [3.8, 4) is 5.82 Å². The number of benzene rings is 1. The maximum Gasteiger partial charge on any atom is 0.426 e. The van der Waals surface area contributed by atoms with Crippen LogP contribution in [0.5, 0.6) is 0 Å². The molecule has 0 amide bonds. The van der Waals surface area contributed by atoms with Crippen LogP contribution in [-0.4, -0.2) is 35.5 Å². The predicted octanol–water partition coefficient (Wildman–Crippen LogP) is 5.78. The van der Waals surface area contributed by atoms with Crippen LogP contribution in [0.25, 0.3) is 22.2 Å². The molecule has 0 saturated carbocycles. The molecule has 0 bridgehead atoms. The molecule has 0 aliphatic carbocycles. The molecule has 10 heteroatoms. The summed E-state index contributed by atoms with van der Waals surface area (Å²) < 4.78 is 70.3. The third-order valence-corrected chi connectivity index (χ3v) is 7.81. The third-order valence-electron chi connectivity index (χ3n) is 6.45. The summed E-state index contributed by atoms with van der Waals surface area (Å²) in [7, 11) is -1.38. The Morgan fingerprint density at radius 1 is 1.00 bits per heavy atom. The minimum absolute atomic E-state index is 0.187. The zero-order valence-corrected chi connectivity index (χ0v) is 20.0. The Morgan fingerprint density at radius 3 is 2.27 bits per heavy atom. The number of pyridine rings is 1. The van der Waals surface area contributed by atoms with E-state index in [0.717, 1.165) is 40.0 Å². The second-order valence-electron chi connectivity index (χ2n) is 8.36. The lowest BCUT2D eigenvalue weighted by Gasteiger charge is -2.23. The minimum Gasteiger partial charge on any atom is -0.254 e. The van der Waals surface area contributed by atoms with Gasteiger partial charge in [-0.05, 0) is 57.4 Å². The van der Waals surface area contributed by atoms with Gasteiger partial charge in [-0.1, -0.05) is 19.1 Å². The van der Waals surface area contributed by atoms with Crippen LogP contribution in [0.15, 0.2) is 29.3 Å². The normalized spacial score (nSPS) is 15.3. The van der Waals surface area contributed by atoms with Crippen LogP contribution in [-0.2, 0) is 16.5 Å². The topological polar surface area (TPSA) is 52.2 Å².